The lowest BCUT2D eigenvalue weighted by atomic mass is 9.86. The fourth-order valence-corrected chi connectivity index (χ4v) is 4.24. The summed E-state index contributed by atoms with van der Waals surface area (Å²) < 4.78 is 0. The second-order valence-electron chi connectivity index (χ2n) is 4.70. The quantitative estimate of drug-likeness (QED) is 0.624. The molecule has 0 spiro atoms. The maximum atomic E-state index is 6.61. The average molecular weight is 243 g/mol. The van der Waals surface area contributed by atoms with E-state index in [-0.39, 0.29) is 5.38 Å². The Morgan fingerprint density at radius 3 is 2.47 bits per heavy atom. The molecule has 0 nitrogen and oxygen atoms in total. The molecule has 2 rings (SSSR count). The van der Waals surface area contributed by atoms with Crippen LogP contribution in [0.2, 0.25) is 0 Å². The van der Waals surface area contributed by atoms with Crippen LogP contribution in [0.4, 0.5) is 0 Å². The summed E-state index contributed by atoms with van der Waals surface area (Å²) in [4.78, 5) is 2.81. The fourth-order valence-electron chi connectivity index (χ4n) is 2.57. The second kappa shape index (κ2) is 4.88. The number of rotatable bonds is 2. The number of hydrogen-bond donors (Lipinski definition) is 0. The van der Waals surface area contributed by atoms with Crippen LogP contribution in [-0.4, -0.2) is 0 Å². The average Bonchev–Trinajstić information content (AvgIpc) is 2.58. The van der Waals surface area contributed by atoms with Crippen molar-refractivity contribution in [1.82, 2.24) is 0 Å². The molecule has 1 aliphatic rings. The first-order valence-corrected chi connectivity index (χ1v) is 7.15. The topological polar surface area (TPSA) is 0 Å². The van der Waals surface area contributed by atoms with Gasteiger partial charge >= 0.3 is 0 Å². The highest BCUT2D eigenvalue weighted by molar-refractivity contribution is 7.12. The minimum atomic E-state index is 0.268. The number of alkyl halides is 1. The van der Waals surface area contributed by atoms with E-state index in [1.807, 2.05) is 11.3 Å². The Morgan fingerprint density at radius 2 is 1.93 bits per heavy atom. The summed E-state index contributed by atoms with van der Waals surface area (Å²) >= 11 is 8.50. The van der Waals surface area contributed by atoms with E-state index >= 15 is 0 Å². The van der Waals surface area contributed by atoms with Gasteiger partial charge in [-0.1, -0.05) is 19.3 Å². The molecule has 1 saturated carbocycles. The van der Waals surface area contributed by atoms with Crippen molar-refractivity contribution in [2.45, 2.75) is 51.3 Å². The first-order chi connectivity index (χ1) is 7.18. The van der Waals surface area contributed by atoms with Crippen molar-refractivity contribution >= 4 is 22.9 Å². The smallest absolute Gasteiger partial charge is 0.0709 e. The molecule has 15 heavy (non-hydrogen) atoms. The SMILES string of the molecule is Cc1cc(C)c(C(Cl)C2CCCCC2)s1. The molecule has 84 valence electrons. The maximum Gasteiger partial charge on any atom is 0.0709 e. The van der Waals surface area contributed by atoms with Crippen LogP contribution < -0.4 is 0 Å². The molecule has 0 amide bonds. The molecule has 0 aliphatic heterocycles. The summed E-state index contributed by atoms with van der Waals surface area (Å²) in [5, 5.41) is 0.268. The summed E-state index contributed by atoms with van der Waals surface area (Å²) in [6.07, 6.45) is 6.80. The normalized spacial score (nSPS) is 20.5. The van der Waals surface area contributed by atoms with Gasteiger partial charge in [-0.25, -0.2) is 0 Å². The first kappa shape index (κ1) is 11.5. The summed E-state index contributed by atoms with van der Waals surface area (Å²) in [5.74, 6) is 0.720. The van der Waals surface area contributed by atoms with E-state index in [4.69, 9.17) is 11.6 Å². The molecular weight excluding hydrogens is 224 g/mol. The van der Waals surface area contributed by atoms with Gasteiger partial charge in [-0.05, 0) is 44.2 Å². The summed E-state index contributed by atoms with van der Waals surface area (Å²) in [6.45, 7) is 4.36. The van der Waals surface area contributed by atoms with Crippen LogP contribution in [0.1, 0.15) is 52.8 Å². The Labute approximate surface area is 102 Å². The molecule has 1 aromatic rings. The minimum Gasteiger partial charge on any atom is -0.144 e. The van der Waals surface area contributed by atoms with E-state index in [0.717, 1.165) is 5.92 Å². The van der Waals surface area contributed by atoms with Gasteiger partial charge in [0.05, 0.1) is 5.38 Å². The molecule has 1 unspecified atom stereocenters. The molecule has 1 aromatic heterocycles. The lowest BCUT2D eigenvalue weighted by Crippen LogP contribution is -2.11. The molecule has 0 bridgehead atoms. The third-order valence-corrected chi connectivity index (χ3v) is 5.33. The minimum absolute atomic E-state index is 0.268. The molecule has 1 heterocycles. The van der Waals surface area contributed by atoms with Crippen LogP contribution in [0.25, 0.3) is 0 Å². The van der Waals surface area contributed by atoms with Crippen molar-refractivity contribution in [3.63, 3.8) is 0 Å². The molecule has 0 saturated heterocycles. The van der Waals surface area contributed by atoms with Crippen LogP contribution in [0.15, 0.2) is 6.07 Å². The van der Waals surface area contributed by atoms with Gasteiger partial charge in [0, 0.05) is 9.75 Å². The predicted octanol–water partition coefficient (Wildman–Crippen LogP) is 5.23. The number of thiophene rings is 1. The predicted molar refractivity (Wildman–Crippen MR) is 69.0 cm³/mol. The molecule has 0 N–H and O–H groups in total. The highest BCUT2D eigenvalue weighted by atomic mass is 35.5. The Hall–Kier alpha value is -0.0100. The number of halogens is 1. The number of hydrogen-bond acceptors (Lipinski definition) is 1. The molecule has 1 fully saturated rings. The van der Waals surface area contributed by atoms with Crippen LogP contribution in [0.3, 0.4) is 0 Å². The standard InChI is InChI=1S/C13H19ClS/c1-9-8-10(2)15-13(9)12(14)11-6-4-3-5-7-11/h8,11-12H,3-7H2,1-2H3. The van der Waals surface area contributed by atoms with Gasteiger partial charge in [-0.2, -0.15) is 0 Å². The zero-order valence-electron chi connectivity index (χ0n) is 9.55. The first-order valence-electron chi connectivity index (χ1n) is 5.89. The largest absolute Gasteiger partial charge is 0.144 e. The van der Waals surface area contributed by atoms with Crippen molar-refractivity contribution in [3.05, 3.63) is 21.4 Å². The molecule has 0 radical (unpaired) electrons. The third kappa shape index (κ3) is 2.57. The summed E-state index contributed by atoms with van der Waals surface area (Å²) in [5.41, 5.74) is 1.39. The Bertz CT molecular complexity index is 323. The maximum absolute atomic E-state index is 6.61. The number of aryl methyl sites for hydroxylation is 2. The van der Waals surface area contributed by atoms with Gasteiger partial charge in [-0.15, -0.1) is 22.9 Å². The van der Waals surface area contributed by atoms with Gasteiger partial charge in [0.1, 0.15) is 0 Å². The van der Waals surface area contributed by atoms with Crippen LogP contribution in [0.5, 0.6) is 0 Å². The summed E-state index contributed by atoms with van der Waals surface area (Å²) in [7, 11) is 0. The monoisotopic (exact) mass is 242 g/mol. The van der Waals surface area contributed by atoms with E-state index in [9.17, 15) is 0 Å². The van der Waals surface area contributed by atoms with Gasteiger partial charge in [0.2, 0.25) is 0 Å². The molecule has 1 atom stereocenters. The Morgan fingerprint density at radius 1 is 1.27 bits per heavy atom. The molecule has 2 heteroatoms. The highest BCUT2D eigenvalue weighted by Crippen LogP contribution is 2.42. The lowest BCUT2D eigenvalue weighted by molar-refractivity contribution is 0.350. The van der Waals surface area contributed by atoms with E-state index in [1.54, 1.807) is 0 Å². The van der Waals surface area contributed by atoms with Crippen molar-refractivity contribution in [2.24, 2.45) is 5.92 Å². The van der Waals surface area contributed by atoms with Crippen molar-refractivity contribution < 1.29 is 0 Å². The van der Waals surface area contributed by atoms with E-state index < -0.39 is 0 Å². The molecule has 0 aromatic carbocycles. The zero-order valence-corrected chi connectivity index (χ0v) is 11.1. The lowest BCUT2D eigenvalue weighted by Gasteiger charge is -2.25. The Kier molecular flexibility index (Phi) is 3.73. The van der Waals surface area contributed by atoms with Gasteiger partial charge < -0.3 is 0 Å². The van der Waals surface area contributed by atoms with Crippen molar-refractivity contribution in [3.8, 4) is 0 Å². The molecular formula is C13H19ClS. The van der Waals surface area contributed by atoms with Gasteiger partial charge in [-0.3, -0.25) is 0 Å². The Balaban J connectivity index is 2.12. The van der Waals surface area contributed by atoms with Crippen LogP contribution in [-0.2, 0) is 0 Å². The zero-order chi connectivity index (χ0) is 10.8. The van der Waals surface area contributed by atoms with E-state index in [1.165, 1.54) is 47.4 Å². The third-order valence-electron chi connectivity index (χ3n) is 3.39. The van der Waals surface area contributed by atoms with Crippen LogP contribution in [0, 0.1) is 19.8 Å². The second-order valence-corrected chi connectivity index (χ2v) is 6.46. The molecule has 1 aliphatic carbocycles. The van der Waals surface area contributed by atoms with Gasteiger partial charge in [0.15, 0.2) is 0 Å². The van der Waals surface area contributed by atoms with Gasteiger partial charge in [0.25, 0.3) is 0 Å². The van der Waals surface area contributed by atoms with E-state index in [0.29, 0.717) is 0 Å². The van der Waals surface area contributed by atoms with Crippen molar-refractivity contribution in [2.75, 3.05) is 0 Å². The summed E-state index contributed by atoms with van der Waals surface area (Å²) in [6, 6.07) is 2.26. The fraction of sp³-hybridized carbons (Fsp3) is 0.692. The van der Waals surface area contributed by atoms with E-state index in [2.05, 4.69) is 19.9 Å². The van der Waals surface area contributed by atoms with Crippen molar-refractivity contribution in [1.29, 1.82) is 0 Å². The van der Waals surface area contributed by atoms with Crippen LogP contribution >= 0.6 is 22.9 Å². The highest BCUT2D eigenvalue weighted by Gasteiger charge is 2.25.